The SMILES string of the molecule is C[C@@H]1CC2=CC(=O)CC[C@]2(CO)[C@H]2CC[C@]3(C)[C@@H](O[Si](c4ccccc4)(c4ccccc4)c4ccccc4)CC[C@H]3[C@H]12. The van der Waals surface area contributed by atoms with E-state index in [1.165, 1.54) is 27.6 Å². The summed E-state index contributed by atoms with van der Waals surface area (Å²) in [4.78, 5) is 12.4. The maximum Gasteiger partial charge on any atom is 0.288 e. The van der Waals surface area contributed by atoms with Gasteiger partial charge in [-0.25, -0.2) is 0 Å². The van der Waals surface area contributed by atoms with Gasteiger partial charge in [0.2, 0.25) is 0 Å². The maximum atomic E-state index is 12.4. The Morgan fingerprint density at radius 2 is 1.38 bits per heavy atom. The predicted molar refractivity (Wildman–Crippen MR) is 172 cm³/mol. The molecular weight excluding hydrogens is 533 g/mol. The van der Waals surface area contributed by atoms with Gasteiger partial charge in [0.25, 0.3) is 8.32 Å². The van der Waals surface area contributed by atoms with E-state index in [0.29, 0.717) is 30.1 Å². The maximum absolute atomic E-state index is 12.4. The van der Waals surface area contributed by atoms with Gasteiger partial charge in [0, 0.05) is 11.8 Å². The number of carbonyl (C=O) groups is 1. The molecule has 4 aliphatic carbocycles. The minimum atomic E-state index is -2.82. The summed E-state index contributed by atoms with van der Waals surface area (Å²) in [6.45, 7) is 5.12. The van der Waals surface area contributed by atoms with Gasteiger partial charge >= 0.3 is 0 Å². The van der Waals surface area contributed by atoms with Crippen molar-refractivity contribution < 1.29 is 14.3 Å². The topological polar surface area (TPSA) is 46.5 Å². The molecule has 4 heteroatoms. The first-order valence-electron chi connectivity index (χ1n) is 16.1. The molecule has 218 valence electrons. The van der Waals surface area contributed by atoms with Crippen molar-refractivity contribution in [1.82, 2.24) is 0 Å². The molecule has 0 heterocycles. The average Bonchev–Trinajstić information content (AvgIpc) is 3.36. The average molecular weight is 577 g/mol. The molecule has 42 heavy (non-hydrogen) atoms. The van der Waals surface area contributed by atoms with Crippen LogP contribution < -0.4 is 15.6 Å². The molecule has 3 nitrogen and oxygen atoms in total. The van der Waals surface area contributed by atoms with Crippen LogP contribution in [0.2, 0.25) is 0 Å². The molecule has 3 saturated carbocycles. The molecule has 0 unspecified atom stereocenters. The summed E-state index contributed by atoms with van der Waals surface area (Å²) < 4.78 is 7.85. The Balaban J connectivity index is 1.30. The number of aliphatic hydroxyl groups excluding tert-OH is 1. The minimum Gasteiger partial charge on any atom is -0.401 e. The number of hydrogen-bond donors (Lipinski definition) is 1. The van der Waals surface area contributed by atoms with Crippen molar-refractivity contribution in [2.75, 3.05) is 6.61 Å². The van der Waals surface area contributed by atoms with Crippen LogP contribution in [0.15, 0.2) is 103 Å². The fourth-order valence-electron chi connectivity index (χ4n) is 10.1. The highest BCUT2D eigenvalue weighted by Gasteiger charge is 2.63. The summed E-state index contributed by atoms with van der Waals surface area (Å²) in [7, 11) is -2.82. The van der Waals surface area contributed by atoms with Gasteiger partial charge in [0.1, 0.15) is 0 Å². The summed E-state index contributed by atoms with van der Waals surface area (Å²) in [6.07, 6.45) is 8.89. The van der Waals surface area contributed by atoms with E-state index in [4.69, 9.17) is 4.43 Å². The van der Waals surface area contributed by atoms with Crippen molar-refractivity contribution >= 4 is 29.7 Å². The first kappa shape index (κ1) is 28.0. The highest BCUT2D eigenvalue weighted by Crippen LogP contribution is 2.67. The fourth-order valence-corrected chi connectivity index (χ4v) is 14.3. The van der Waals surface area contributed by atoms with Crippen LogP contribution >= 0.6 is 0 Å². The Bertz CT molecular complexity index is 1360. The zero-order chi connectivity index (χ0) is 29.0. The number of fused-ring (bicyclic) bond motifs is 5. The number of ketones is 1. The van der Waals surface area contributed by atoms with Crippen LogP contribution in [0.5, 0.6) is 0 Å². The number of benzene rings is 3. The lowest BCUT2D eigenvalue weighted by Crippen LogP contribution is -2.71. The number of rotatable bonds is 6. The zero-order valence-electron chi connectivity index (χ0n) is 25.0. The van der Waals surface area contributed by atoms with Gasteiger partial charge in [-0.05, 0) is 89.2 Å². The summed E-state index contributed by atoms with van der Waals surface area (Å²) in [5.41, 5.74) is 1.11. The van der Waals surface area contributed by atoms with Crippen LogP contribution in [0.3, 0.4) is 0 Å². The molecular formula is C38H44O3Si. The lowest BCUT2D eigenvalue weighted by molar-refractivity contribution is -0.123. The van der Waals surface area contributed by atoms with Gasteiger partial charge in [0.05, 0.1) is 12.7 Å². The second-order valence-corrected chi connectivity index (χ2v) is 17.3. The number of carbonyl (C=O) groups excluding carboxylic acids is 1. The largest absolute Gasteiger partial charge is 0.401 e. The molecule has 3 aromatic carbocycles. The van der Waals surface area contributed by atoms with E-state index < -0.39 is 8.32 Å². The van der Waals surface area contributed by atoms with E-state index in [0.717, 1.165) is 32.1 Å². The highest BCUT2D eigenvalue weighted by atomic mass is 28.4. The van der Waals surface area contributed by atoms with Crippen LogP contribution in [0.4, 0.5) is 0 Å². The van der Waals surface area contributed by atoms with Crippen molar-refractivity contribution in [3.8, 4) is 0 Å². The Labute approximate surface area is 252 Å². The van der Waals surface area contributed by atoms with E-state index in [1.54, 1.807) is 0 Å². The highest BCUT2D eigenvalue weighted by molar-refractivity contribution is 7.07. The monoisotopic (exact) mass is 576 g/mol. The van der Waals surface area contributed by atoms with E-state index in [2.05, 4.69) is 105 Å². The van der Waals surface area contributed by atoms with Crippen molar-refractivity contribution in [2.24, 2.45) is 34.5 Å². The summed E-state index contributed by atoms with van der Waals surface area (Å²) >= 11 is 0. The van der Waals surface area contributed by atoms with Crippen molar-refractivity contribution in [3.05, 3.63) is 103 Å². The third kappa shape index (κ3) is 4.17. The summed E-state index contributed by atoms with van der Waals surface area (Å²) in [6, 6.07) is 33.0. The molecule has 7 rings (SSSR count). The summed E-state index contributed by atoms with van der Waals surface area (Å²) in [5, 5.41) is 14.8. The van der Waals surface area contributed by atoms with Crippen molar-refractivity contribution in [2.45, 2.75) is 64.9 Å². The normalized spacial score (nSPS) is 34.2. The van der Waals surface area contributed by atoms with Crippen molar-refractivity contribution in [3.63, 3.8) is 0 Å². The molecule has 0 aliphatic heterocycles. The quantitative estimate of drug-likeness (QED) is 0.299. The van der Waals surface area contributed by atoms with Crippen LogP contribution in [0.1, 0.15) is 58.8 Å². The molecule has 3 fully saturated rings. The van der Waals surface area contributed by atoms with E-state index in [-0.39, 0.29) is 29.3 Å². The summed E-state index contributed by atoms with van der Waals surface area (Å²) in [5.74, 6) is 2.32. The zero-order valence-corrected chi connectivity index (χ0v) is 26.0. The number of hydrogen-bond acceptors (Lipinski definition) is 3. The standard InChI is InChI=1S/C38H44O3Si/c1-27-24-28-25-29(40)20-23-38(28,26-39)34-21-22-37(2)33(36(27)34)18-19-35(37)41-42(30-12-6-3-7-13-30,31-14-8-4-9-15-31)32-16-10-5-11-17-32/h3-17,25,27,33-36,39H,18-24,26H2,1-2H3/t27-,33+,34+,35+,36+,37+,38-/m1/s1. The van der Waals surface area contributed by atoms with Crippen LogP contribution in [0.25, 0.3) is 0 Å². The van der Waals surface area contributed by atoms with Gasteiger partial charge in [-0.1, -0.05) is 110 Å². The molecule has 0 aromatic heterocycles. The lowest BCUT2D eigenvalue weighted by atomic mass is 9.45. The van der Waals surface area contributed by atoms with E-state index in [1.807, 2.05) is 6.08 Å². The molecule has 0 bridgehead atoms. The van der Waals surface area contributed by atoms with Gasteiger partial charge < -0.3 is 9.53 Å². The van der Waals surface area contributed by atoms with Gasteiger partial charge in [0.15, 0.2) is 5.78 Å². The predicted octanol–water partition coefficient (Wildman–Crippen LogP) is 5.79. The van der Waals surface area contributed by atoms with Gasteiger partial charge in [-0.15, -0.1) is 0 Å². The molecule has 3 aromatic rings. The van der Waals surface area contributed by atoms with E-state index in [9.17, 15) is 9.90 Å². The number of aliphatic hydroxyl groups is 1. The minimum absolute atomic E-state index is 0.0777. The van der Waals surface area contributed by atoms with Crippen molar-refractivity contribution in [1.29, 1.82) is 0 Å². The third-order valence-corrected chi connectivity index (χ3v) is 16.2. The van der Waals surface area contributed by atoms with E-state index >= 15 is 0 Å². The Morgan fingerprint density at radius 1 is 0.810 bits per heavy atom. The second-order valence-electron chi connectivity index (χ2n) is 13.9. The second kappa shape index (κ2) is 10.7. The first-order valence-corrected chi connectivity index (χ1v) is 18.0. The fraction of sp³-hybridized carbons (Fsp3) is 0.447. The third-order valence-electron chi connectivity index (χ3n) is 12.1. The lowest BCUT2D eigenvalue weighted by Gasteiger charge is -2.60. The molecule has 0 radical (unpaired) electrons. The molecule has 0 amide bonds. The van der Waals surface area contributed by atoms with Gasteiger partial charge in [-0.2, -0.15) is 0 Å². The molecule has 0 saturated heterocycles. The Morgan fingerprint density at radius 3 is 1.93 bits per heavy atom. The molecule has 7 atom stereocenters. The van der Waals surface area contributed by atoms with Crippen LogP contribution in [0, 0.1) is 34.5 Å². The first-order chi connectivity index (χ1) is 20.4. The molecule has 1 N–H and O–H groups in total. The van der Waals surface area contributed by atoms with Crippen LogP contribution in [-0.4, -0.2) is 31.9 Å². The Kier molecular flexibility index (Phi) is 7.16. The molecule has 0 spiro atoms. The smallest absolute Gasteiger partial charge is 0.288 e. The van der Waals surface area contributed by atoms with Gasteiger partial charge in [-0.3, -0.25) is 4.79 Å². The molecule has 4 aliphatic rings. The Hall–Kier alpha value is -2.79. The van der Waals surface area contributed by atoms with Crippen LogP contribution in [-0.2, 0) is 9.22 Å².